The van der Waals surface area contributed by atoms with Crippen LogP contribution in [0.4, 0.5) is 0 Å². The summed E-state index contributed by atoms with van der Waals surface area (Å²) < 4.78 is 5.51. The van der Waals surface area contributed by atoms with Crippen LogP contribution in [0.1, 0.15) is 24.4 Å². The van der Waals surface area contributed by atoms with Crippen LogP contribution in [0, 0.1) is 0 Å². The predicted molar refractivity (Wildman–Crippen MR) is 70.9 cm³/mol. The normalized spacial score (nSPS) is 12.1. The second-order valence-corrected chi connectivity index (χ2v) is 3.79. The number of nitrogens with one attached hydrogen (secondary N) is 1. The van der Waals surface area contributed by atoms with Crippen molar-refractivity contribution >= 4 is 29.2 Å². The van der Waals surface area contributed by atoms with Gasteiger partial charge in [-0.15, -0.1) is 12.4 Å². The number of Topliss-reactive ketones (excluding diaryl/α,β-unsaturated/α-hetero) is 1. The summed E-state index contributed by atoms with van der Waals surface area (Å²) in [5.74, 6) is 0.424. The number of carbonyl (C=O) groups is 1. The number of fused-ring (bicyclic) bond motifs is 1. The first-order chi connectivity index (χ1) is 7.72. The molecule has 0 fully saturated rings. The highest BCUT2D eigenvalue weighted by atomic mass is 35.5. The minimum atomic E-state index is -0.203. The Morgan fingerprint density at radius 2 is 2.12 bits per heavy atom. The van der Waals surface area contributed by atoms with E-state index in [1.54, 1.807) is 6.07 Å². The molecule has 0 spiro atoms. The fraction of sp³-hybridized carbons (Fsp3) is 0.308. The number of benzene rings is 1. The molecular weight excluding hydrogens is 238 g/mol. The van der Waals surface area contributed by atoms with Gasteiger partial charge in [0, 0.05) is 5.39 Å². The molecule has 0 aliphatic heterocycles. The third kappa shape index (κ3) is 2.87. The van der Waals surface area contributed by atoms with Gasteiger partial charge in [-0.1, -0.05) is 25.1 Å². The van der Waals surface area contributed by atoms with Crippen molar-refractivity contribution in [2.45, 2.75) is 19.9 Å². The van der Waals surface area contributed by atoms with Gasteiger partial charge in [-0.2, -0.15) is 0 Å². The molecule has 0 unspecified atom stereocenters. The number of hydrogen-bond donors (Lipinski definition) is 1. The van der Waals surface area contributed by atoms with Gasteiger partial charge < -0.3 is 9.73 Å². The lowest BCUT2D eigenvalue weighted by Crippen LogP contribution is -2.33. The van der Waals surface area contributed by atoms with Crippen molar-refractivity contribution in [2.75, 3.05) is 6.54 Å². The summed E-state index contributed by atoms with van der Waals surface area (Å²) >= 11 is 0. The van der Waals surface area contributed by atoms with Crippen molar-refractivity contribution < 1.29 is 9.21 Å². The van der Waals surface area contributed by atoms with E-state index in [4.69, 9.17) is 4.42 Å². The fourth-order valence-corrected chi connectivity index (χ4v) is 1.72. The third-order valence-corrected chi connectivity index (χ3v) is 2.57. The number of halogens is 1. The Balaban J connectivity index is 0.00000144. The summed E-state index contributed by atoms with van der Waals surface area (Å²) in [4.78, 5) is 11.9. The highest BCUT2D eigenvalue weighted by Crippen LogP contribution is 2.19. The molecule has 4 heteroatoms. The number of furan rings is 1. The van der Waals surface area contributed by atoms with E-state index in [0.29, 0.717) is 5.76 Å². The van der Waals surface area contributed by atoms with Crippen LogP contribution < -0.4 is 5.32 Å². The number of carbonyl (C=O) groups excluding carboxylic acids is 1. The molecule has 0 aliphatic carbocycles. The van der Waals surface area contributed by atoms with E-state index in [-0.39, 0.29) is 24.2 Å². The Morgan fingerprint density at radius 1 is 1.41 bits per heavy atom. The van der Waals surface area contributed by atoms with E-state index < -0.39 is 0 Å². The quantitative estimate of drug-likeness (QED) is 0.852. The molecule has 0 radical (unpaired) electrons. The fourth-order valence-electron chi connectivity index (χ4n) is 1.72. The maximum Gasteiger partial charge on any atom is 0.214 e. The minimum Gasteiger partial charge on any atom is -0.453 e. The molecule has 2 aromatic rings. The zero-order valence-corrected chi connectivity index (χ0v) is 10.7. The van der Waals surface area contributed by atoms with Crippen LogP contribution >= 0.6 is 12.4 Å². The molecule has 0 amide bonds. The van der Waals surface area contributed by atoms with Gasteiger partial charge in [-0.25, -0.2) is 0 Å². The monoisotopic (exact) mass is 253 g/mol. The minimum absolute atomic E-state index is 0. The van der Waals surface area contributed by atoms with E-state index >= 15 is 0 Å². The van der Waals surface area contributed by atoms with Gasteiger partial charge in [0.15, 0.2) is 5.76 Å². The zero-order valence-electron chi connectivity index (χ0n) is 9.90. The summed E-state index contributed by atoms with van der Waals surface area (Å²) in [5.41, 5.74) is 0.759. The first-order valence-corrected chi connectivity index (χ1v) is 5.48. The van der Waals surface area contributed by atoms with Crippen LogP contribution in [-0.2, 0) is 0 Å². The summed E-state index contributed by atoms with van der Waals surface area (Å²) in [6.45, 7) is 4.59. The Morgan fingerprint density at radius 3 is 2.76 bits per heavy atom. The van der Waals surface area contributed by atoms with E-state index in [1.807, 2.05) is 38.1 Å². The van der Waals surface area contributed by atoms with Gasteiger partial charge in [-0.05, 0) is 25.6 Å². The molecule has 0 saturated carbocycles. The number of hydrogen-bond acceptors (Lipinski definition) is 3. The Kier molecular flexibility index (Phi) is 4.73. The Hall–Kier alpha value is -1.32. The smallest absolute Gasteiger partial charge is 0.214 e. The van der Waals surface area contributed by atoms with Crippen molar-refractivity contribution in [2.24, 2.45) is 0 Å². The number of para-hydroxylation sites is 1. The second-order valence-electron chi connectivity index (χ2n) is 3.79. The summed E-state index contributed by atoms with van der Waals surface area (Å²) in [7, 11) is 0. The van der Waals surface area contributed by atoms with E-state index in [9.17, 15) is 4.79 Å². The topological polar surface area (TPSA) is 42.2 Å². The molecule has 1 N–H and O–H groups in total. The number of rotatable bonds is 4. The predicted octanol–water partition coefficient (Wildman–Crippen LogP) is 3.04. The molecule has 1 atom stereocenters. The highest BCUT2D eigenvalue weighted by Gasteiger charge is 2.17. The number of ketones is 1. The zero-order chi connectivity index (χ0) is 11.5. The molecule has 0 bridgehead atoms. The van der Waals surface area contributed by atoms with Gasteiger partial charge in [0.25, 0.3) is 0 Å². The maximum absolute atomic E-state index is 11.9. The van der Waals surface area contributed by atoms with Crippen LogP contribution in [0.2, 0.25) is 0 Å². The summed E-state index contributed by atoms with van der Waals surface area (Å²) in [6.07, 6.45) is 0. The molecule has 1 aromatic heterocycles. The molecule has 2 rings (SSSR count). The lowest BCUT2D eigenvalue weighted by atomic mass is 10.1. The van der Waals surface area contributed by atoms with Crippen molar-refractivity contribution in [1.82, 2.24) is 5.32 Å². The summed E-state index contributed by atoms with van der Waals surface area (Å²) in [5, 5.41) is 4.05. The van der Waals surface area contributed by atoms with Crippen LogP contribution in [0.15, 0.2) is 34.7 Å². The average molecular weight is 254 g/mol. The first-order valence-electron chi connectivity index (χ1n) is 5.48. The maximum atomic E-state index is 11.9. The van der Waals surface area contributed by atoms with E-state index in [0.717, 1.165) is 17.5 Å². The van der Waals surface area contributed by atoms with Crippen molar-refractivity contribution in [3.8, 4) is 0 Å². The third-order valence-electron chi connectivity index (χ3n) is 2.57. The van der Waals surface area contributed by atoms with Gasteiger partial charge in [0.05, 0.1) is 6.04 Å². The summed E-state index contributed by atoms with van der Waals surface area (Å²) in [6, 6.07) is 9.22. The second kappa shape index (κ2) is 5.84. The molecule has 1 heterocycles. The van der Waals surface area contributed by atoms with Crippen molar-refractivity contribution in [3.05, 3.63) is 36.1 Å². The first kappa shape index (κ1) is 13.7. The lowest BCUT2D eigenvalue weighted by molar-refractivity contribution is 0.0926. The van der Waals surface area contributed by atoms with Gasteiger partial charge in [-0.3, -0.25) is 4.79 Å². The van der Waals surface area contributed by atoms with Gasteiger partial charge in [0.2, 0.25) is 5.78 Å². The largest absolute Gasteiger partial charge is 0.453 e. The van der Waals surface area contributed by atoms with Crippen LogP contribution in [0.5, 0.6) is 0 Å². The molecule has 0 aliphatic rings. The Bertz CT molecular complexity index is 474. The molecular formula is C13H16ClNO2. The van der Waals surface area contributed by atoms with Crippen LogP contribution in [0.3, 0.4) is 0 Å². The van der Waals surface area contributed by atoms with E-state index in [1.165, 1.54) is 0 Å². The molecule has 1 aromatic carbocycles. The van der Waals surface area contributed by atoms with Crippen LogP contribution in [0.25, 0.3) is 11.0 Å². The molecule has 92 valence electrons. The molecule has 0 saturated heterocycles. The van der Waals surface area contributed by atoms with Crippen molar-refractivity contribution in [1.29, 1.82) is 0 Å². The van der Waals surface area contributed by atoms with Crippen molar-refractivity contribution in [3.63, 3.8) is 0 Å². The highest BCUT2D eigenvalue weighted by molar-refractivity contribution is 6.00. The Labute approximate surface area is 107 Å². The van der Waals surface area contributed by atoms with E-state index in [2.05, 4.69) is 5.32 Å². The van der Waals surface area contributed by atoms with Gasteiger partial charge >= 0.3 is 0 Å². The SMILES string of the molecule is CCN[C@@H](C)C(=O)c1cc2ccccc2o1.Cl. The average Bonchev–Trinajstić information content (AvgIpc) is 2.71. The molecule has 17 heavy (non-hydrogen) atoms. The lowest BCUT2D eigenvalue weighted by Gasteiger charge is -2.08. The number of likely N-dealkylation sites (N-methyl/N-ethyl adjacent to an activating group) is 1. The van der Waals surface area contributed by atoms with Gasteiger partial charge in [0.1, 0.15) is 5.58 Å². The van der Waals surface area contributed by atoms with Crippen LogP contribution in [-0.4, -0.2) is 18.4 Å². The standard InChI is InChI=1S/C13H15NO2.ClH/c1-3-14-9(2)13(15)12-8-10-6-4-5-7-11(10)16-12;/h4-9,14H,3H2,1-2H3;1H/t9-;/m0./s1. The molecule has 3 nitrogen and oxygen atoms in total.